The minimum atomic E-state index is -1.52. The molecule has 0 amide bonds. The van der Waals surface area contributed by atoms with Crippen molar-refractivity contribution in [1.82, 2.24) is 26.2 Å². The van der Waals surface area contributed by atoms with Gasteiger partial charge >= 0.3 is 0 Å². The van der Waals surface area contributed by atoms with Crippen molar-refractivity contribution in [3.05, 3.63) is 0 Å². The number of nitrogens with one attached hydrogen (secondary N) is 4. The zero-order valence-corrected chi connectivity index (χ0v) is 32.4. The average molecular weight is 815 g/mol. The average Bonchev–Trinajstić information content (AvgIpc) is 3.15. The van der Waals surface area contributed by atoms with Crippen LogP contribution in [0.1, 0.15) is 39.0 Å². The summed E-state index contributed by atoms with van der Waals surface area (Å²) in [7, 11) is 0. The van der Waals surface area contributed by atoms with Crippen LogP contribution in [0.3, 0.4) is 0 Å². The number of aliphatic hydroxyl groups excluding tert-OH is 8. The zero-order valence-electron chi connectivity index (χ0n) is 30.7. The van der Waals surface area contributed by atoms with E-state index < -0.39 is 92.4 Å². The van der Waals surface area contributed by atoms with E-state index in [2.05, 4.69) is 26.2 Å². The van der Waals surface area contributed by atoms with E-state index in [4.69, 9.17) is 53.9 Å². The van der Waals surface area contributed by atoms with Crippen LogP contribution in [0.4, 0.5) is 0 Å². The van der Waals surface area contributed by atoms with Crippen LogP contribution in [0.2, 0.25) is 0 Å². The van der Waals surface area contributed by atoms with Crippen LogP contribution < -0.4 is 27.0 Å². The molecular formula is C33H62N6O13S2. The SMILES string of the molecule is CCCC1C(CNC(=S)NCCN(CCN)CCNC(=S)NCC2OC3OC4C(CO)OC(OCCCCC2C(O)C3O)C(O)C4O)OC(O)C(O)C1O. The third-order valence-electron chi connectivity index (χ3n) is 10.5. The minimum Gasteiger partial charge on any atom is -0.394 e. The Morgan fingerprint density at radius 1 is 0.704 bits per heavy atom. The van der Waals surface area contributed by atoms with E-state index in [0.29, 0.717) is 75.2 Å². The molecule has 7 aliphatic heterocycles. The molecule has 21 heteroatoms. The molecule has 54 heavy (non-hydrogen) atoms. The summed E-state index contributed by atoms with van der Waals surface area (Å²) in [5.74, 6) is -0.836. The third kappa shape index (κ3) is 12.4. The normalized spacial score (nSPS) is 38.8. The number of nitrogens with zero attached hydrogens (tertiary/aromatic N) is 1. The Balaban J connectivity index is 1.22. The maximum absolute atomic E-state index is 11.2. The van der Waals surface area contributed by atoms with Gasteiger partial charge in [-0.3, -0.25) is 4.90 Å². The standard InChI is InChI=1S/C33H62N6O13S2/c1-2-5-17-19(49-29(47)25(44)22(17)41)14-37-32(53)35-8-11-39(10-7-34)12-9-36-33(54)38-15-20-18-6-3-4-13-48-30-27(46)24(43)28(21(16-40)51-30)52-31(50-20)26(45)23(18)42/h17-31,40-47H,2-16,34H2,1H3,(H2,35,37,53)(H2,36,38,54). The molecule has 7 saturated heterocycles. The molecule has 0 aromatic carbocycles. The lowest BCUT2D eigenvalue weighted by atomic mass is 9.84. The molecule has 0 saturated carbocycles. The van der Waals surface area contributed by atoms with E-state index in [0.717, 1.165) is 6.42 Å². The van der Waals surface area contributed by atoms with Crippen LogP contribution in [0.15, 0.2) is 0 Å². The maximum atomic E-state index is 11.2. The fraction of sp³-hybridized carbons (Fsp3) is 0.939. The molecular weight excluding hydrogens is 753 g/mol. The van der Waals surface area contributed by atoms with Crippen molar-refractivity contribution in [1.29, 1.82) is 0 Å². The van der Waals surface area contributed by atoms with Gasteiger partial charge in [0.15, 0.2) is 29.1 Å². The van der Waals surface area contributed by atoms with Crippen molar-refractivity contribution in [2.75, 3.05) is 65.6 Å². The second kappa shape index (κ2) is 22.6. The molecule has 0 aromatic heterocycles. The molecule has 7 aliphatic rings. The Morgan fingerprint density at radius 2 is 1.33 bits per heavy atom. The van der Waals surface area contributed by atoms with E-state index in [1.54, 1.807) is 0 Å². The summed E-state index contributed by atoms with van der Waals surface area (Å²) in [5, 5.41) is 97.1. The van der Waals surface area contributed by atoms with Crippen molar-refractivity contribution >= 4 is 34.7 Å². The molecule has 314 valence electrons. The van der Waals surface area contributed by atoms with Crippen LogP contribution in [0, 0.1) is 11.8 Å². The van der Waals surface area contributed by atoms with Gasteiger partial charge in [-0.2, -0.15) is 0 Å². The molecule has 0 aliphatic carbocycles. The first-order valence-electron chi connectivity index (χ1n) is 19.0. The van der Waals surface area contributed by atoms with Gasteiger partial charge in [-0.05, 0) is 43.7 Å². The highest BCUT2D eigenvalue weighted by atomic mass is 32.1. The number of rotatable bonds is 15. The first kappa shape index (κ1) is 45.5. The van der Waals surface area contributed by atoms with Crippen molar-refractivity contribution in [2.45, 2.75) is 119 Å². The summed E-state index contributed by atoms with van der Waals surface area (Å²) in [6.45, 7) is 5.29. The Kier molecular flexibility index (Phi) is 19.1. The monoisotopic (exact) mass is 814 g/mol. The van der Waals surface area contributed by atoms with Crippen LogP contribution in [-0.4, -0.2) is 201 Å². The molecule has 0 radical (unpaired) electrons. The van der Waals surface area contributed by atoms with E-state index in [1.165, 1.54) is 0 Å². The van der Waals surface area contributed by atoms with Crippen molar-refractivity contribution < 1.29 is 64.5 Å². The first-order valence-corrected chi connectivity index (χ1v) is 19.8. The number of nitrogens with two attached hydrogens (primary N) is 1. The fourth-order valence-corrected chi connectivity index (χ4v) is 7.80. The highest BCUT2D eigenvalue weighted by Crippen LogP contribution is 2.34. The maximum Gasteiger partial charge on any atom is 0.186 e. The molecule has 0 spiro atoms. The lowest BCUT2D eigenvalue weighted by Gasteiger charge is -2.47. The third-order valence-corrected chi connectivity index (χ3v) is 11.1. The number of hydrogen-bond donors (Lipinski definition) is 13. The van der Waals surface area contributed by atoms with Crippen LogP contribution >= 0.6 is 24.4 Å². The Hall–Kier alpha value is -1.22. The lowest BCUT2D eigenvalue weighted by molar-refractivity contribution is -0.355. The predicted molar refractivity (Wildman–Crippen MR) is 201 cm³/mol. The summed E-state index contributed by atoms with van der Waals surface area (Å²) in [4.78, 5) is 2.13. The first-order chi connectivity index (χ1) is 25.9. The lowest BCUT2D eigenvalue weighted by Crippen LogP contribution is -2.64. The summed E-state index contributed by atoms with van der Waals surface area (Å²) in [5.41, 5.74) is 5.86. The van der Waals surface area contributed by atoms with Gasteiger partial charge in [0.2, 0.25) is 0 Å². The van der Waals surface area contributed by atoms with Gasteiger partial charge in [-0.25, -0.2) is 0 Å². The quantitative estimate of drug-likeness (QED) is 0.0690. The van der Waals surface area contributed by atoms with Gasteiger partial charge in [-0.1, -0.05) is 19.8 Å². The highest BCUT2D eigenvalue weighted by molar-refractivity contribution is 7.80. The van der Waals surface area contributed by atoms with Gasteiger partial charge in [0.1, 0.15) is 36.6 Å². The van der Waals surface area contributed by atoms with Gasteiger partial charge in [0.05, 0.1) is 31.0 Å². The van der Waals surface area contributed by atoms with Gasteiger partial charge in [0, 0.05) is 70.8 Å². The number of thiocarbonyl (C=S) groups is 2. The molecule has 15 unspecified atom stereocenters. The largest absolute Gasteiger partial charge is 0.394 e. The Bertz CT molecular complexity index is 1140. The number of aliphatic hydroxyl groups is 8. The Morgan fingerprint density at radius 3 is 1.96 bits per heavy atom. The fourth-order valence-electron chi connectivity index (χ4n) is 7.43. The number of hydrogen-bond acceptors (Lipinski definition) is 17. The second-order valence-electron chi connectivity index (χ2n) is 14.3. The molecule has 7 fully saturated rings. The van der Waals surface area contributed by atoms with Gasteiger partial charge < -0.3 is 91.5 Å². The summed E-state index contributed by atoms with van der Waals surface area (Å²) in [6.07, 6.45) is -12.7. The highest BCUT2D eigenvalue weighted by Gasteiger charge is 2.51. The smallest absolute Gasteiger partial charge is 0.186 e. The summed E-state index contributed by atoms with van der Waals surface area (Å²) >= 11 is 11.0. The molecule has 4 bridgehead atoms. The molecule has 15 atom stereocenters. The zero-order chi connectivity index (χ0) is 39.4. The summed E-state index contributed by atoms with van der Waals surface area (Å²) < 4.78 is 28.9. The van der Waals surface area contributed by atoms with Crippen molar-refractivity contribution in [3.8, 4) is 0 Å². The predicted octanol–water partition coefficient (Wildman–Crippen LogP) is -4.88. The van der Waals surface area contributed by atoms with E-state index in [1.807, 2.05) is 6.92 Å². The van der Waals surface area contributed by atoms with Crippen molar-refractivity contribution in [2.24, 2.45) is 17.6 Å². The van der Waals surface area contributed by atoms with E-state index >= 15 is 0 Å². The van der Waals surface area contributed by atoms with Gasteiger partial charge in [-0.15, -0.1) is 0 Å². The van der Waals surface area contributed by atoms with Crippen LogP contribution in [0.25, 0.3) is 0 Å². The Labute approximate surface area is 326 Å². The minimum absolute atomic E-state index is 0.166. The summed E-state index contributed by atoms with van der Waals surface area (Å²) in [6, 6.07) is 0. The van der Waals surface area contributed by atoms with E-state index in [-0.39, 0.29) is 25.6 Å². The van der Waals surface area contributed by atoms with Gasteiger partial charge in [0.25, 0.3) is 0 Å². The van der Waals surface area contributed by atoms with E-state index in [9.17, 15) is 40.9 Å². The molecule has 14 N–H and O–H groups in total. The number of ether oxygens (including phenoxy) is 5. The molecule has 19 nitrogen and oxygen atoms in total. The molecule has 7 rings (SSSR count). The topological polar surface area (TPSA) is 285 Å². The molecule has 0 aromatic rings. The van der Waals surface area contributed by atoms with Crippen LogP contribution in [0.5, 0.6) is 0 Å². The molecule has 7 heterocycles. The second-order valence-corrected chi connectivity index (χ2v) is 15.1. The van der Waals surface area contributed by atoms with Crippen LogP contribution in [-0.2, 0) is 23.7 Å². The van der Waals surface area contributed by atoms with Crippen molar-refractivity contribution in [3.63, 3.8) is 0 Å².